The van der Waals surface area contributed by atoms with Gasteiger partial charge in [0.15, 0.2) is 0 Å². The Morgan fingerprint density at radius 3 is 2.06 bits per heavy atom. The van der Waals surface area contributed by atoms with Crippen LogP contribution in [0.15, 0.2) is 71.6 Å². The number of sulfonamides is 1. The molecule has 162 valence electrons. The van der Waals surface area contributed by atoms with Crippen LogP contribution in [-0.4, -0.2) is 20.9 Å². The van der Waals surface area contributed by atoms with E-state index in [1.54, 1.807) is 36.4 Å². The number of rotatable bonds is 7. The lowest BCUT2D eigenvalue weighted by Crippen LogP contribution is -2.40. The van der Waals surface area contributed by atoms with E-state index in [1.807, 2.05) is 58.0 Å². The number of carbonyl (C=O) groups is 1. The topological polar surface area (TPSA) is 66.5 Å². The molecular weight excluding hydrogens is 408 g/mol. The Morgan fingerprint density at radius 1 is 0.806 bits per heavy atom. The highest BCUT2D eigenvalue weighted by Crippen LogP contribution is 2.26. The lowest BCUT2D eigenvalue weighted by molar-refractivity contribution is -0.119. The van der Waals surface area contributed by atoms with Crippen LogP contribution < -0.4 is 9.62 Å². The lowest BCUT2D eigenvalue weighted by atomic mass is 10.1. The summed E-state index contributed by atoms with van der Waals surface area (Å²) >= 11 is 0. The van der Waals surface area contributed by atoms with Crippen molar-refractivity contribution in [3.8, 4) is 0 Å². The number of amides is 1. The van der Waals surface area contributed by atoms with Crippen molar-refractivity contribution in [1.82, 2.24) is 5.32 Å². The number of nitrogens with zero attached hydrogens (tertiary/aromatic N) is 1. The number of benzene rings is 3. The first-order valence-corrected chi connectivity index (χ1v) is 11.6. The summed E-state index contributed by atoms with van der Waals surface area (Å²) in [7, 11) is -3.92. The van der Waals surface area contributed by atoms with Crippen LogP contribution in [0.4, 0.5) is 5.69 Å². The van der Waals surface area contributed by atoms with Crippen LogP contribution in [0.25, 0.3) is 0 Å². The molecule has 0 atom stereocenters. The molecule has 3 rings (SSSR count). The van der Waals surface area contributed by atoms with Gasteiger partial charge >= 0.3 is 0 Å². The molecule has 0 aliphatic rings. The summed E-state index contributed by atoms with van der Waals surface area (Å²) in [6, 6.07) is 20.0. The Bertz CT molecular complexity index is 1170. The fourth-order valence-electron chi connectivity index (χ4n) is 3.46. The molecule has 1 amide bonds. The molecule has 3 aromatic rings. The minimum Gasteiger partial charge on any atom is -0.350 e. The van der Waals surface area contributed by atoms with Crippen molar-refractivity contribution in [1.29, 1.82) is 0 Å². The van der Waals surface area contributed by atoms with Gasteiger partial charge < -0.3 is 5.32 Å². The van der Waals surface area contributed by atoms with Crippen LogP contribution in [0.2, 0.25) is 0 Å². The van der Waals surface area contributed by atoms with E-state index in [4.69, 9.17) is 0 Å². The van der Waals surface area contributed by atoms with Crippen LogP contribution in [0.5, 0.6) is 0 Å². The van der Waals surface area contributed by atoms with Gasteiger partial charge in [-0.05, 0) is 68.7 Å². The Morgan fingerprint density at radius 2 is 1.45 bits per heavy atom. The van der Waals surface area contributed by atoms with Crippen molar-refractivity contribution < 1.29 is 13.2 Å². The Balaban J connectivity index is 1.90. The van der Waals surface area contributed by atoms with Crippen molar-refractivity contribution >= 4 is 21.6 Å². The third kappa shape index (κ3) is 5.73. The van der Waals surface area contributed by atoms with Gasteiger partial charge in [-0.15, -0.1) is 0 Å². The third-order valence-electron chi connectivity index (χ3n) is 4.96. The number of aryl methyl sites for hydroxylation is 4. The molecule has 3 aromatic carbocycles. The normalized spacial score (nSPS) is 11.2. The SMILES string of the molecule is Cc1ccc(S(=O)(=O)N(CC(=O)NCc2cccc(C)c2)c2cc(C)cc(C)c2)cc1. The molecule has 0 saturated carbocycles. The molecule has 0 heterocycles. The fourth-order valence-corrected chi connectivity index (χ4v) is 4.86. The van der Waals surface area contributed by atoms with Crippen molar-refractivity contribution in [3.05, 3.63) is 94.5 Å². The first kappa shape index (κ1) is 22.6. The Labute approximate surface area is 184 Å². The van der Waals surface area contributed by atoms with Gasteiger partial charge in [-0.3, -0.25) is 9.10 Å². The number of hydrogen-bond donors (Lipinski definition) is 1. The summed E-state index contributed by atoms with van der Waals surface area (Å²) in [6.07, 6.45) is 0. The molecule has 0 bridgehead atoms. The molecule has 0 aliphatic heterocycles. The quantitative estimate of drug-likeness (QED) is 0.596. The number of carbonyl (C=O) groups excluding carboxylic acids is 1. The highest BCUT2D eigenvalue weighted by atomic mass is 32.2. The van der Waals surface area contributed by atoms with Crippen LogP contribution in [-0.2, 0) is 21.4 Å². The monoisotopic (exact) mass is 436 g/mol. The summed E-state index contributed by atoms with van der Waals surface area (Å²) in [5.74, 6) is -0.364. The van der Waals surface area contributed by atoms with E-state index < -0.39 is 10.0 Å². The summed E-state index contributed by atoms with van der Waals surface area (Å²) in [5.41, 5.74) is 5.37. The van der Waals surface area contributed by atoms with Crippen LogP contribution in [0.3, 0.4) is 0 Å². The van der Waals surface area contributed by atoms with Gasteiger partial charge in [0.2, 0.25) is 5.91 Å². The first-order chi connectivity index (χ1) is 14.6. The highest BCUT2D eigenvalue weighted by Gasteiger charge is 2.27. The second-order valence-electron chi connectivity index (χ2n) is 7.94. The van der Waals surface area contributed by atoms with E-state index in [9.17, 15) is 13.2 Å². The molecular formula is C25H28N2O3S. The van der Waals surface area contributed by atoms with Gasteiger partial charge in [0.25, 0.3) is 10.0 Å². The Kier molecular flexibility index (Phi) is 6.81. The molecule has 0 spiro atoms. The van der Waals surface area contributed by atoms with E-state index in [1.165, 1.54) is 4.31 Å². The zero-order chi connectivity index (χ0) is 22.6. The van der Waals surface area contributed by atoms with E-state index in [-0.39, 0.29) is 17.3 Å². The average Bonchev–Trinajstić information content (AvgIpc) is 2.70. The zero-order valence-electron chi connectivity index (χ0n) is 18.3. The molecule has 0 fully saturated rings. The molecule has 0 aliphatic carbocycles. The molecule has 31 heavy (non-hydrogen) atoms. The number of nitrogens with one attached hydrogen (secondary N) is 1. The minimum absolute atomic E-state index is 0.156. The van der Waals surface area contributed by atoms with Gasteiger partial charge in [0.1, 0.15) is 6.54 Å². The van der Waals surface area contributed by atoms with Crippen LogP contribution >= 0.6 is 0 Å². The average molecular weight is 437 g/mol. The fraction of sp³-hybridized carbons (Fsp3) is 0.240. The zero-order valence-corrected chi connectivity index (χ0v) is 19.2. The predicted molar refractivity (Wildman–Crippen MR) is 125 cm³/mol. The largest absolute Gasteiger partial charge is 0.350 e. The van der Waals surface area contributed by atoms with Crippen molar-refractivity contribution in [3.63, 3.8) is 0 Å². The first-order valence-electron chi connectivity index (χ1n) is 10.1. The van der Waals surface area contributed by atoms with Gasteiger partial charge in [-0.2, -0.15) is 0 Å². The van der Waals surface area contributed by atoms with Gasteiger partial charge in [-0.25, -0.2) is 8.42 Å². The maximum atomic E-state index is 13.5. The lowest BCUT2D eigenvalue weighted by Gasteiger charge is -2.25. The highest BCUT2D eigenvalue weighted by molar-refractivity contribution is 7.92. The predicted octanol–water partition coefficient (Wildman–Crippen LogP) is 4.43. The summed E-state index contributed by atoms with van der Waals surface area (Å²) in [6.45, 7) is 7.74. The molecule has 0 radical (unpaired) electrons. The van der Waals surface area contributed by atoms with Gasteiger partial charge in [0.05, 0.1) is 10.6 Å². The van der Waals surface area contributed by atoms with Crippen molar-refractivity contribution in [2.24, 2.45) is 0 Å². The number of hydrogen-bond acceptors (Lipinski definition) is 3. The molecule has 0 saturated heterocycles. The standard InChI is InChI=1S/C25H28N2O3S/c1-18-8-10-24(11-9-18)31(29,30)27(23-14-20(3)12-21(4)15-23)17-25(28)26-16-22-7-5-6-19(2)13-22/h5-15H,16-17H2,1-4H3,(H,26,28). The summed E-state index contributed by atoms with van der Waals surface area (Å²) in [4.78, 5) is 12.9. The molecule has 5 nitrogen and oxygen atoms in total. The third-order valence-corrected chi connectivity index (χ3v) is 6.75. The summed E-state index contributed by atoms with van der Waals surface area (Å²) in [5, 5.41) is 2.84. The molecule has 6 heteroatoms. The molecule has 0 unspecified atom stereocenters. The molecule has 1 N–H and O–H groups in total. The number of anilines is 1. The van der Waals surface area contributed by atoms with E-state index in [0.717, 1.165) is 27.8 Å². The smallest absolute Gasteiger partial charge is 0.264 e. The molecule has 0 aromatic heterocycles. The van der Waals surface area contributed by atoms with Crippen molar-refractivity contribution in [2.45, 2.75) is 39.1 Å². The minimum atomic E-state index is -3.92. The van der Waals surface area contributed by atoms with Crippen LogP contribution in [0.1, 0.15) is 27.8 Å². The maximum absolute atomic E-state index is 13.5. The van der Waals surface area contributed by atoms with Crippen molar-refractivity contribution in [2.75, 3.05) is 10.8 Å². The van der Waals surface area contributed by atoms with Gasteiger partial charge in [-0.1, -0.05) is 53.6 Å². The summed E-state index contributed by atoms with van der Waals surface area (Å²) < 4.78 is 28.1. The van der Waals surface area contributed by atoms with E-state index in [0.29, 0.717) is 12.2 Å². The second kappa shape index (κ2) is 9.35. The van der Waals surface area contributed by atoms with E-state index in [2.05, 4.69) is 5.32 Å². The van der Waals surface area contributed by atoms with E-state index >= 15 is 0 Å². The second-order valence-corrected chi connectivity index (χ2v) is 9.80. The van der Waals surface area contributed by atoms with Crippen LogP contribution in [0, 0.1) is 27.7 Å². The Hall–Kier alpha value is -3.12. The maximum Gasteiger partial charge on any atom is 0.264 e. The van der Waals surface area contributed by atoms with Gasteiger partial charge in [0, 0.05) is 6.54 Å².